The number of amides is 1. The maximum absolute atomic E-state index is 12.3. The van der Waals surface area contributed by atoms with E-state index in [9.17, 15) is 10.0 Å². The Bertz CT molecular complexity index is 853. The molecule has 0 bridgehead atoms. The van der Waals surface area contributed by atoms with E-state index < -0.39 is 0 Å². The molecular weight excluding hydrogens is 346 g/mol. The number of benzene rings is 1. The Labute approximate surface area is 157 Å². The average Bonchev–Trinajstić information content (AvgIpc) is 3.12. The molecule has 4 rings (SSSR count). The van der Waals surface area contributed by atoms with Crippen molar-refractivity contribution < 1.29 is 14.7 Å². The van der Waals surface area contributed by atoms with E-state index >= 15 is 0 Å². The van der Waals surface area contributed by atoms with Crippen LogP contribution in [-0.2, 0) is 9.53 Å². The van der Waals surface area contributed by atoms with Crippen LogP contribution in [0.4, 0.5) is 5.69 Å². The molecule has 3 aliphatic rings. The minimum atomic E-state index is -0.226. The molecule has 0 radical (unpaired) electrons. The third-order valence-corrected chi connectivity index (χ3v) is 4.67. The average molecular weight is 367 g/mol. The topological polar surface area (TPSA) is 89.8 Å². The van der Waals surface area contributed by atoms with Crippen molar-refractivity contribution in [1.82, 2.24) is 15.3 Å². The molecule has 0 atom stereocenters. The Morgan fingerprint density at radius 1 is 1.19 bits per heavy atom. The van der Waals surface area contributed by atoms with E-state index in [1.54, 1.807) is 12.2 Å². The number of allylic oxidation sites excluding steroid dienone is 1. The Balaban J connectivity index is 1.39. The quantitative estimate of drug-likeness (QED) is 0.850. The number of carbonyl (C=O) groups excluding carboxylic acids is 1. The first-order valence-corrected chi connectivity index (χ1v) is 8.94. The molecule has 1 aromatic carbocycles. The van der Waals surface area contributed by atoms with Gasteiger partial charge in [-0.05, 0) is 18.2 Å². The zero-order valence-corrected chi connectivity index (χ0v) is 14.8. The number of nitrogens with one attached hydrogen (secondary N) is 1. The van der Waals surface area contributed by atoms with Crippen LogP contribution in [-0.4, -0.2) is 60.5 Å². The minimum absolute atomic E-state index is 0.226. The van der Waals surface area contributed by atoms with Crippen molar-refractivity contribution in [2.45, 2.75) is 0 Å². The van der Waals surface area contributed by atoms with Gasteiger partial charge in [0, 0.05) is 37.9 Å². The SMILES string of the molecule is O=C(NCCN1CCOCC1)C1=CN(O)C(=C2N=Nc3ccccc32)C=C1. The fourth-order valence-electron chi connectivity index (χ4n) is 3.17. The molecule has 1 aromatic rings. The van der Waals surface area contributed by atoms with Gasteiger partial charge in [-0.1, -0.05) is 18.2 Å². The van der Waals surface area contributed by atoms with Gasteiger partial charge in [0.2, 0.25) is 0 Å². The van der Waals surface area contributed by atoms with Crippen LogP contribution >= 0.6 is 0 Å². The first kappa shape index (κ1) is 17.6. The lowest BCUT2D eigenvalue weighted by molar-refractivity contribution is -0.117. The first-order valence-electron chi connectivity index (χ1n) is 8.94. The highest BCUT2D eigenvalue weighted by Gasteiger charge is 2.22. The van der Waals surface area contributed by atoms with Gasteiger partial charge in [-0.3, -0.25) is 14.9 Å². The number of fused-ring (bicyclic) bond motifs is 1. The lowest BCUT2D eigenvalue weighted by Crippen LogP contribution is -2.41. The van der Waals surface area contributed by atoms with E-state index in [0.29, 0.717) is 23.5 Å². The highest BCUT2D eigenvalue weighted by molar-refractivity contribution is 5.96. The van der Waals surface area contributed by atoms with Crippen molar-refractivity contribution in [2.24, 2.45) is 10.2 Å². The lowest BCUT2D eigenvalue weighted by Gasteiger charge is -2.26. The minimum Gasteiger partial charge on any atom is -0.379 e. The van der Waals surface area contributed by atoms with Gasteiger partial charge in [0.1, 0.15) is 5.70 Å². The zero-order chi connectivity index (χ0) is 18.6. The Kier molecular flexibility index (Phi) is 5.10. The van der Waals surface area contributed by atoms with E-state index in [-0.39, 0.29) is 5.91 Å². The smallest absolute Gasteiger partial charge is 0.252 e. The predicted octanol–water partition coefficient (Wildman–Crippen LogP) is 2.05. The summed E-state index contributed by atoms with van der Waals surface area (Å²) in [5.74, 6) is -0.226. The van der Waals surface area contributed by atoms with Gasteiger partial charge in [-0.25, -0.2) is 5.06 Å². The van der Waals surface area contributed by atoms with E-state index in [4.69, 9.17) is 4.74 Å². The van der Waals surface area contributed by atoms with Gasteiger partial charge in [-0.15, -0.1) is 10.2 Å². The van der Waals surface area contributed by atoms with Crippen LogP contribution in [0.1, 0.15) is 5.56 Å². The molecule has 3 aliphatic heterocycles. The molecule has 0 aliphatic carbocycles. The van der Waals surface area contributed by atoms with Crippen LogP contribution in [0.3, 0.4) is 0 Å². The first-order chi connectivity index (χ1) is 13.2. The molecule has 1 fully saturated rings. The number of nitrogens with zero attached hydrogens (tertiary/aromatic N) is 4. The van der Waals surface area contributed by atoms with Crippen LogP contribution in [0, 0.1) is 0 Å². The van der Waals surface area contributed by atoms with E-state index in [1.165, 1.54) is 6.20 Å². The van der Waals surface area contributed by atoms with Gasteiger partial charge < -0.3 is 10.1 Å². The fourth-order valence-corrected chi connectivity index (χ4v) is 3.17. The largest absolute Gasteiger partial charge is 0.379 e. The number of hydrogen-bond acceptors (Lipinski definition) is 7. The van der Waals surface area contributed by atoms with Crippen molar-refractivity contribution in [3.05, 3.63) is 59.5 Å². The lowest BCUT2D eigenvalue weighted by atomic mass is 10.1. The summed E-state index contributed by atoms with van der Waals surface area (Å²) in [6.45, 7) is 4.57. The summed E-state index contributed by atoms with van der Waals surface area (Å²) < 4.78 is 5.31. The summed E-state index contributed by atoms with van der Waals surface area (Å²) in [5.41, 5.74) is 3.05. The van der Waals surface area contributed by atoms with E-state index in [2.05, 4.69) is 20.4 Å². The summed E-state index contributed by atoms with van der Waals surface area (Å²) in [4.78, 5) is 14.6. The number of carbonyl (C=O) groups is 1. The second kappa shape index (κ2) is 7.83. The number of rotatable bonds is 4. The van der Waals surface area contributed by atoms with Gasteiger partial charge in [-0.2, -0.15) is 0 Å². The predicted molar refractivity (Wildman–Crippen MR) is 99.0 cm³/mol. The molecule has 0 spiro atoms. The number of hydroxylamine groups is 2. The Morgan fingerprint density at radius 3 is 2.81 bits per heavy atom. The molecule has 0 saturated carbocycles. The molecule has 8 heteroatoms. The maximum atomic E-state index is 12.3. The summed E-state index contributed by atoms with van der Waals surface area (Å²) in [6.07, 6.45) is 4.74. The highest BCUT2D eigenvalue weighted by Crippen LogP contribution is 2.38. The molecule has 2 N–H and O–H groups in total. The second-order valence-corrected chi connectivity index (χ2v) is 6.42. The van der Waals surface area contributed by atoms with Crippen LogP contribution in [0.25, 0.3) is 5.70 Å². The van der Waals surface area contributed by atoms with Crippen molar-refractivity contribution >= 4 is 17.3 Å². The number of hydrogen-bond donors (Lipinski definition) is 2. The van der Waals surface area contributed by atoms with Crippen molar-refractivity contribution in [1.29, 1.82) is 0 Å². The summed E-state index contributed by atoms with van der Waals surface area (Å²) in [7, 11) is 0. The standard InChI is InChI=1S/C19H21N5O3/c25-19(20-7-8-23-9-11-27-12-10-23)14-5-6-17(24(26)13-14)18-15-3-1-2-4-16(15)21-22-18/h1-6,13,26H,7-12H2,(H,20,25). The van der Waals surface area contributed by atoms with Gasteiger partial charge >= 0.3 is 0 Å². The molecular formula is C19H21N5O3. The molecule has 27 heavy (non-hydrogen) atoms. The molecule has 0 unspecified atom stereocenters. The Morgan fingerprint density at radius 2 is 2.00 bits per heavy atom. The summed E-state index contributed by atoms with van der Waals surface area (Å²) >= 11 is 0. The molecule has 3 heterocycles. The number of morpholine rings is 1. The number of ether oxygens (including phenoxy) is 1. The van der Waals surface area contributed by atoms with Crippen LogP contribution in [0.5, 0.6) is 0 Å². The fraction of sp³-hybridized carbons (Fsp3) is 0.316. The van der Waals surface area contributed by atoms with Gasteiger partial charge in [0.05, 0.1) is 30.2 Å². The van der Waals surface area contributed by atoms with Crippen LogP contribution in [0.2, 0.25) is 0 Å². The third-order valence-electron chi connectivity index (χ3n) is 4.67. The Hall–Kier alpha value is -2.81. The highest BCUT2D eigenvalue weighted by atomic mass is 16.5. The van der Waals surface area contributed by atoms with Gasteiger partial charge in [0.15, 0.2) is 0 Å². The maximum Gasteiger partial charge on any atom is 0.252 e. The molecule has 140 valence electrons. The van der Waals surface area contributed by atoms with Crippen molar-refractivity contribution in [2.75, 3.05) is 39.4 Å². The van der Waals surface area contributed by atoms with E-state index in [1.807, 2.05) is 24.3 Å². The third kappa shape index (κ3) is 3.82. The van der Waals surface area contributed by atoms with Crippen LogP contribution in [0.15, 0.2) is 64.1 Å². The molecule has 0 aromatic heterocycles. The summed E-state index contributed by atoms with van der Waals surface area (Å²) in [6, 6.07) is 7.55. The molecule has 1 saturated heterocycles. The van der Waals surface area contributed by atoms with E-state index in [0.717, 1.165) is 49.2 Å². The number of azo groups is 1. The summed E-state index contributed by atoms with van der Waals surface area (Å²) in [5, 5.41) is 22.4. The second-order valence-electron chi connectivity index (χ2n) is 6.42. The normalized spacial score (nSPS) is 22.0. The molecule has 8 nitrogen and oxygen atoms in total. The van der Waals surface area contributed by atoms with Gasteiger partial charge in [0.25, 0.3) is 5.91 Å². The monoisotopic (exact) mass is 367 g/mol. The van der Waals surface area contributed by atoms with Crippen molar-refractivity contribution in [3.8, 4) is 0 Å². The molecule has 1 amide bonds. The van der Waals surface area contributed by atoms with Crippen molar-refractivity contribution in [3.63, 3.8) is 0 Å². The zero-order valence-electron chi connectivity index (χ0n) is 14.8. The van der Waals surface area contributed by atoms with Crippen LogP contribution < -0.4 is 5.32 Å².